The highest BCUT2D eigenvalue weighted by atomic mass is 19.1. The number of anilines is 1. The number of nitrogens with zero attached hydrogens (tertiary/aromatic N) is 2. The van der Waals surface area contributed by atoms with Gasteiger partial charge < -0.3 is 25.2 Å². The molecule has 0 unspecified atom stereocenters. The van der Waals surface area contributed by atoms with Crippen molar-refractivity contribution in [2.75, 3.05) is 25.9 Å². The van der Waals surface area contributed by atoms with Crippen LogP contribution in [0.3, 0.4) is 0 Å². The predicted molar refractivity (Wildman–Crippen MR) is 155 cm³/mol. The second kappa shape index (κ2) is 16.3. The lowest BCUT2D eigenvalue weighted by Crippen LogP contribution is -2.52. The van der Waals surface area contributed by atoms with E-state index in [1.54, 1.807) is 31.1 Å². The molecular formula is C31H36FN3O5. The molecule has 0 bridgehead atoms. The Bertz CT molecular complexity index is 1370. The monoisotopic (exact) mass is 549 g/mol. The maximum absolute atomic E-state index is 12.5. The van der Waals surface area contributed by atoms with Gasteiger partial charge in [0.15, 0.2) is 11.5 Å². The number of carbonyl (C=O) groups excluding carboxylic acids is 1. The first-order valence-electron chi connectivity index (χ1n) is 12.7. The number of aromatic nitrogens is 1. The van der Waals surface area contributed by atoms with Crippen molar-refractivity contribution in [3.05, 3.63) is 95.9 Å². The van der Waals surface area contributed by atoms with Crippen LogP contribution in [0.1, 0.15) is 24.5 Å². The zero-order valence-corrected chi connectivity index (χ0v) is 23.2. The molecule has 1 amide bonds. The largest absolute Gasteiger partial charge is 0.493 e. The molecule has 1 aliphatic heterocycles. The Labute approximate surface area is 234 Å². The molecule has 212 valence electrons. The van der Waals surface area contributed by atoms with E-state index in [0.29, 0.717) is 13.1 Å². The van der Waals surface area contributed by atoms with Crippen LogP contribution in [0.2, 0.25) is 0 Å². The molecule has 0 atom stereocenters. The van der Waals surface area contributed by atoms with E-state index in [1.807, 2.05) is 43.5 Å². The smallest absolute Gasteiger partial charge is 0.303 e. The van der Waals surface area contributed by atoms with Crippen molar-refractivity contribution in [1.82, 2.24) is 9.88 Å². The Morgan fingerprint density at radius 3 is 2.27 bits per heavy atom. The van der Waals surface area contributed by atoms with Gasteiger partial charge in [0.2, 0.25) is 6.41 Å². The van der Waals surface area contributed by atoms with E-state index < -0.39 is 5.97 Å². The number of para-hydroxylation sites is 3. The van der Waals surface area contributed by atoms with E-state index in [-0.39, 0.29) is 24.0 Å². The highest BCUT2D eigenvalue weighted by Gasteiger charge is 2.27. The van der Waals surface area contributed by atoms with Crippen LogP contribution in [0.25, 0.3) is 10.9 Å². The summed E-state index contributed by atoms with van der Waals surface area (Å²) in [7, 11) is 1.61. The summed E-state index contributed by atoms with van der Waals surface area (Å²) in [4.78, 5) is 25.7. The summed E-state index contributed by atoms with van der Waals surface area (Å²) in [5.41, 5.74) is 8.66. The molecule has 1 aromatic heterocycles. The molecule has 3 aromatic carbocycles. The molecule has 5 rings (SSSR count). The number of aryl methyl sites for hydroxylation is 2. The summed E-state index contributed by atoms with van der Waals surface area (Å²) in [6.07, 6.45) is 2.98. The number of methoxy groups -OCH3 is 1. The van der Waals surface area contributed by atoms with Crippen LogP contribution in [-0.4, -0.2) is 53.7 Å². The topological polar surface area (TPSA) is 115 Å². The fourth-order valence-electron chi connectivity index (χ4n) is 3.41. The standard InChI is InChI=1S/C11H13NO3.C10H9N.C7H8FN.C3H6O2/c1-14-10-4-2-3-5-11(10)15-9-6-12(7-9)8-13;1-8-4-2-5-9-6-3-7-11-10(8)9;1-5-2-3-7(9)6(8)4-5;1-2-3(4)5/h2-5,8-9H,6-7H2,1H3;2-7H,1H3;2-4H,9H2,1H3;2H2,1H3,(H,4,5). The van der Waals surface area contributed by atoms with Gasteiger partial charge in [0, 0.05) is 18.0 Å². The van der Waals surface area contributed by atoms with Crippen molar-refractivity contribution in [2.45, 2.75) is 33.3 Å². The van der Waals surface area contributed by atoms with Gasteiger partial charge >= 0.3 is 5.97 Å². The molecule has 1 saturated heterocycles. The number of likely N-dealkylation sites (tertiary alicyclic amines) is 1. The molecule has 0 spiro atoms. The molecule has 40 heavy (non-hydrogen) atoms. The number of carbonyl (C=O) groups is 2. The number of hydrogen-bond acceptors (Lipinski definition) is 6. The summed E-state index contributed by atoms with van der Waals surface area (Å²) in [6.45, 7) is 6.81. The average molecular weight is 550 g/mol. The summed E-state index contributed by atoms with van der Waals surface area (Å²) < 4.78 is 23.3. The van der Waals surface area contributed by atoms with Crippen LogP contribution in [-0.2, 0) is 9.59 Å². The first-order chi connectivity index (χ1) is 19.2. The molecule has 1 aliphatic rings. The van der Waals surface area contributed by atoms with Crippen molar-refractivity contribution in [1.29, 1.82) is 0 Å². The highest BCUT2D eigenvalue weighted by molar-refractivity contribution is 5.81. The van der Waals surface area contributed by atoms with Gasteiger partial charge in [-0.05, 0) is 55.3 Å². The fraction of sp³-hybridized carbons (Fsp3) is 0.258. The number of halogens is 1. The van der Waals surface area contributed by atoms with Gasteiger partial charge in [-0.25, -0.2) is 4.39 Å². The quantitative estimate of drug-likeness (QED) is 0.244. The fourth-order valence-corrected chi connectivity index (χ4v) is 3.41. The number of carboxylic acids is 1. The predicted octanol–water partition coefficient (Wildman–Crippen LogP) is 5.66. The summed E-state index contributed by atoms with van der Waals surface area (Å²) in [6, 6.07) is 22.5. The normalized spacial score (nSPS) is 11.8. The van der Waals surface area contributed by atoms with E-state index in [1.165, 1.54) is 17.0 Å². The number of hydrogen-bond donors (Lipinski definition) is 2. The Kier molecular flexibility index (Phi) is 12.9. The number of rotatable bonds is 5. The van der Waals surface area contributed by atoms with E-state index in [9.17, 15) is 14.0 Å². The number of ether oxygens (including phenoxy) is 2. The third-order valence-electron chi connectivity index (χ3n) is 5.68. The number of carboxylic acid groups (broad SMARTS) is 1. The third kappa shape index (κ3) is 10.2. The Hall–Kier alpha value is -4.66. The highest BCUT2D eigenvalue weighted by Crippen LogP contribution is 2.28. The number of pyridine rings is 1. The lowest BCUT2D eigenvalue weighted by atomic mass is 10.1. The Balaban J connectivity index is 0.000000199. The van der Waals surface area contributed by atoms with E-state index in [2.05, 4.69) is 36.2 Å². The molecular weight excluding hydrogens is 513 g/mol. The minimum Gasteiger partial charge on any atom is -0.493 e. The number of nitrogen functional groups attached to an aromatic ring is 1. The molecule has 2 heterocycles. The lowest BCUT2D eigenvalue weighted by Gasteiger charge is -2.36. The maximum atomic E-state index is 12.5. The van der Waals surface area contributed by atoms with Gasteiger partial charge in [-0.1, -0.05) is 49.4 Å². The summed E-state index contributed by atoms with van der Waals surface area (Å²) in [5, 5.41) is 8.94. The molecule has 0 saturated carbocycles. The molecule has 8 nitrogen and oxygen atoms in total. The van der Waals surface area contributed by atoms with Gasteiger partial charge in [0.1, 0.15) is 11.9 Å². The van der Waals surface area contributed by atoms with Crippen molar-refractivity contribution in [3.8, 4) is 11.5 Å². The van der Waals surface area contributed by atoms with E-state index in [0.717, 1.165) is 29.0 Å². The van der Waals surface area contributed by atoms with Gasteiger partial charge in [-0.2, -0.15) is 0 Å². The minimum absolute atomic E-state index is 0.0894. The minimum atomic E-state index is -0.745. The summed E-state index contributed by atoms with van der Waals surface area (Å²) in [5.74, 6) is 0.373. The number of amides is 1. The lowest BCUT2D eigenvalue weighted by molar-refractivity contribution is -0.136. The van der Waals surface area contributed by atoms with E-state index >= 15 is 0 Å². The number of benzene rings is 3. The molecule has 9 heteroatoms. The Morgan fingerprint density at radius 1 is 1.07 bits per heavy atom. The van der Waals surface area contributed by atoms with Crippen LogP contribution in [0, 0.1) is 19.7 Å². The van der Waals surface area contributed by atoms with E-state index in [4.69, 9.17) is 20.3 Å². The second-order valence-corrected chi connectivity index (χ2v) is 8.87. The maximum Gasteiger partial charge on any atom is 0.303 e. The first kappa shape index (κ1) is 31.6. The number of fused-ring (bicyclic) bond motifs is 1. The SMILES string of the molecule is CCC(=O)O.COc1ccccc1OC1CN(C=O)C1.Cc1ccc(N)c(F)c1.Cc1cccc2cccnc12. The van der Waals surface area contributed by atoms with Crippen LogP contribution >= 0.6 is 0 Å². The third-order valence-corrected chi connectivity index (χ3v) is 5.68. The molecule has 1 fully saturated rings. The summed E-state index contributed by atoms with van der Waals surface area (Å²) >= 11 is 0. The number of nitrogens with two attached hydrogens (primary N) is 1. The molecule has 0 radical (unpaired) electrons. The van der Waals surface area contributed by atoms with Gasteiger partial charge in [-0.15, -0.1) is 0 Å². The van der Waals surface area contributed by atoms with Crippen molar-refractivity contribution < 1.29 is 28.6 Å². The molecule has 4 aromatic rings. The van der Waals surface area contributed by atoms with Crippen LogP contribution in [0.4, 0.5) is 10.1 Å². The van der Waals surface area contributed by atoms with Crippen LogP contribution < -0.4 is 15.2 Å². The van der Waals surface area contributed by atoms with Crippen LogP contribution in [0.5, 0.6) is 11.5 Å². The number of aliphatic carboxylic acids is 1. The Morgan fingerprint density at radius 2 is 1.73 bits per heavy atom. The van der Waals surface area contributed by atoms with Gasteiger partial charge in [0.25, 0.3) is 0 Å². The first-order valence-corrected chi connectivity index (χ1v) is 12.7. The zero-order chi connectivity index (χ0) is 29.5. The molecule has 0 aliphatic carbocycles. The van der Waals surface area contributed by atoms with Gasteiger partial charge in [-0.3, -0.25) is 14.6 Å². The van der Waals surface area contributed by atoms with Crippen molar-refractivity contribution >= 4 is 29.0 Å². The average Bonchev–Trinajstić information content (AvgIpc) is 2.94. The van der Waals surface area contributed by atoms with Crippen molar-refractivity contribution in [3.63, 3.8) is 0 Å². The zero-order valence-electron chi connectivity index (χ0n) is 23.2. The molecule has 3 N–H and O–H groups in total. The second-order valence-electron chi connectivity index (χ2n) is 8.87. The van der Waals surface area contributed by atoms with Gasteiger partial charge in [0.05, 0.1) is 31.4 Å². The van der Waals surface area contributed by atoms with Crippen molar-refractivity contribution in [2.24, 2.45) is 0 Å². The van der Waals surface area contributed by atoms with Crippen LogP contribution in [0.15, 0.2) is 79.0 Å².